The number of hydrogen-bond acceptors (Lipinski definition) is 3. The summed E-state index contributed by atoms with van der Waals surface area (Å²) in [5, 5.41) is 0. The van der Waals surface area contributed by atoms with Crippen LogP contribution in [0.4, 0.5) is 0 Å². The summed E-state index contributed by atoms with van der Waals surface area (Å²) in [7, 11) is -3.14. The molecule has 112 valence electrons. The van der Waals surface area contributed by atoms with Crippen molar-refractivity contribution in [2.45, 2.75) is 49.8 Å². The Morgan fingerprint density at radius 1 is 1.15 bits per heavy atom. The third-order valence-electron chi connectivity index (χ3n) is 4.11. The Balaban J connectivity index is 2.07. The molecule has 0 spiro atoms. The van der Waals surface area contributed by atoms with Gasteiger partial charge in [-0.3, -0.25) is 0 Å². The van der Waals surface area contributed by atoms with Crippen molar-refractivity contribution in [1.82, 2.24) is 0 Å². The maximum Gasteiger partial charge on any atom is 0.178 e. The summed E-state index contributed by atoms with van der Waals surface area (Å²) in [6.45, 7) is 0.638. The van der Waals surface area contributed by atoms with E-state index in [9.17, 15) is 8.42 Å². The van der Waals surface area contributed by atoms with Gasteiger partial charge >= 0.3 is 0 Å². The molecule has 1 aliphatic rings. The van der Waals surface area contributed by atoms with Crippen LogP contribution in [0.2, 0.25) is 0 Å². The molecule has 0 amide bonds. The Hall–Kier alpha value is -0.870. The Morgan fingerprint density at radius 2 is 1.90 bits per heavy atom. The first-order valence-corrected chi connectivity index (χ1v) is 9.29. The molecule has 0 bridgehead atoms. The standard InChI is InChI=1S/C16H25NO2S/c17-11-5-9-14-8-4-10-16(12-14)20(18,19)13-15-6-2-1-3-7-15/h4,8,10,12,15H,1-3,5-7,9,11,13,17H2. The Kier molecular flexibility index (Phi) is 5.61. The molecule has 1 fully saturated rings. The molecule has 1 aromatic rings. The lowest BCUT2D eigenvalue weighted by atomic mass is 9.91. The summed E-state index contributed by atoms with van der Waals surface area (Å²) >= 11 is 0. The van der Waals surface area contributed by atoms with E-state index in [2.05, 4.69) is 0 Å². The van der Waals surface area contributed by atoms with Gasteiger partial charge in [-0.2, -0.15) is 0 Å². The highest BCUT2D eigenvalue weighted by molar-refractivity contribution is 7.91. The summed E-state index contributed by atoms with van der Waals surface area (Å²) in [5.41, 5.74) is 6.58. The smallest absolute Gasteiger partial charge is 0.178 e. The van der Waals surface area contributed by atoms with Crippen molar-refractivity contribution in [2.24, 2.45) is 11.7 Å². The van der Waals surface area contributed by atoms with E-state index in [1.165, 1.54) is 19.3 Å². The fraction of sp³-hybridized carbons (Fsp3) is 0.625. The van der Waals surface area contributed by atoms with Crippen molar-refractivity contribution in [1.29, 1.82) is 0 Å². The molecule has 0 aliphatic heterocycles. The van der Waals surface area contributed by atoms with Gasteiger partial charge in [-0.15, -0.1) is 0 Å². The topological polar surface area (TPSA) is 60.2 Å². The zero-order valence-electron chi connectivity index (χ0n) is 12.1. The van der Waals surface area contributed by atoms with E-state index < -0.39 is 9.84 Å². The zero-order chi connectivity index (χ0) is 14.4. The van der Waals surface area contributed by atoms with Gasteiger partial charge < -0.3 is 5.73 Å². The minimum absolute atomic E-state index is 0.313. The Labute approximate surface area is 122 Å². The van der Waals surface area contributed by atoms with Crippen molar-refractivity contribution in [2.75, 3.05) is 12.3 Å². The predicted octanol–water partition coefficient (Wildman–Crippen LogP) is 2.93. The quantitative estimate of drug-likeness (QED) is 0.877. The largest absolute Gasteiger partial charge is 0.330 e. The Bertz CT molecular complexity index is 519. The van der Waals surface area contributed by atoms with Crippen LogP contribution >= 0.6 is 0 Å². The van der Waals surface area contributed by atoms with Gasteiger partial charge in [0, 0.05) is 0 Å². The van der Waals surface area contributed by atoms with Gasteiger partial charge in [0.1, 0.15) is 0 Å². The third-order valence-corrected chi connectivity index (χ3v) is 5.99. The molecule has 0 aromatic heterocycles. The van der Waals surface area contributed by atoms with Gasteiger partial charge in [0.05, 0.1) is 10.6 Å². The second kappa shape index (κ2) is 7.23. The maximum absolute atomic E-state index is 12.5. The zero-order valence-corrected chi connectivity index (χ0v) is 12.9. The molecule has 20 heavy (non-hydrogen) atoms. The van der Waals surface area contributed by atoms with Crippen LogP contribution in [0.3, 0.4) is 0 Å². The van der Waals surface area contributed by atoms with Crippen LogP contribution in [0.5, 0.6) is 0 Å². The van der Waals surface area contributed by atoms with Crippen LogP contribution in [0, 0.1) is 5.92 Å². The van der Waals surface area contributed by atoms with Crippen molar-refractivity contribution >= 4 is 9.84 Å². The number of hydrogen-bond donors (Lipinski definition) is 1. The number of nitrogens with two attached hydrogens (primary N) is 1. The number of benzene rings is 1. The normalized spacial score (nSPS) is 17.2. The first-order chi connectivity index (χ1) is 9.62. The van der Waals surface area contributed by atoms with Crippen LogP contribution in [-0.2, 0) is 16.3 Å². The van der Waals surface area contributed by atoms with E-state index in [0.717, 1.165) is 31.2 Å². The lowest BCUT2D eigenvalue weighted by Crippen LogP contribution is -2.19. The SMILES string of the molecule is NCCCc1cccc(S(=O)(=O)CC2CCCCC2)c1. The molecular weight excluding hydrogens is 270 g/mol. The van der Waals surface area contributed by atoms with Crippen LogP contribution in [0.15, 0.2) is 29.2 Å². The molecule has 0 atom stereocenters. The van der Waals surface area contributed by atoms with E-state index in [4.69, 9.17) is 5.73 Å². The average Bonchev–Trinajstić information content (AvgIpc) is 2.46. The highest BCUT2D eigenvalue weighted by atomic mass is 32.2. The summed E-state index contributed by atoms with van der Waals surface area (Å²) in [6, 6.07) is 7.38. The van der Waals surface area contributed by atoms with Crippen molar-refractivity contribution in [3.05, 3.63) is 29.8 Å². The minimum atomic E-state index is -3.14. The van der Waals surface area contributed by atoms with Crippen molar-refractivity contribution in [3.8, 4) is 0 Å². The van der Waals surface area contributed by atoms with Crippen LogP contribution in [0.1, 0.15) is 44.1 Å². The molecule has 0 saturated heterocycles. The van der Waals surface area contributed by atoms with E-state index in [-0.39, 0.29) is 0 Å². The summed E-state index contributed by atoms with van der Waals surface area (Å²) in [4.78, 5) is 0.484. The average molecular weight is 295 g/mol. The number of aryl methyl sites for hydroxylation is 1. The highest BCUT2D eigenvalue weighted by Gasteiger charge is 2.23. The molecule has 4 heteroatoms. The van der Waals surface area contributed by atoms with Crippen LogP contribution in [-0.4, -0.2) is 20.7 Å². The fourth-order valence-electron chi connectivity index (χ4n) is 2.96. The third kappa shape index (κ3) is 4.32. The molecule has 1 aliphatic carbocycles. The van der Waals surface area contributed by atoms with Gasteiger partial charge in [0.15, 0.2) is 9.84 Å². The van der Waals surface area contributed by atoms with Gasteiger partial charge in [-0.05, 0) is 55.8 Å². The second-order valence-electron chi connectivity index (χ2n) is 5.83. The fourth-order valence-corrected chi connectivity index (χ4v) is 4.72. The minimum Gasteiger partial charge on any atom is -0.330 e. The first kappa shape index (κ1) is 15.5. The lowest BCUT2D eigenvalue weighted by molar-refractivity contribution is 0.385. The molecule has 2 rings (SSSR count). The van der Waals surface area contributed by atoms with Crippen molar-refractivity contribution in [3.63, 3.8) is 0 Å². The second-order valence-corrected chi connectivity index (χ2v) is 7.86. The molecule has 0 radical (unpaired) electrons. The number of sulfone groups is 1. The van der Waals surface area contributed by atoms with Crippen LogP contribution < -0.4 is 5.73 Å². The van der Waals surface area contributed by atoms with Crippen LogP contribution in [0.25, 0.3) is 0 Å². The van der Waals surface area contributed by atoms with E-state index in [0.29, 0.717) is 23.1 Å². The number of rotatable bonds is 6. The van der Waals surface area contributed by atoms with E-state index in [1.807, 2.05) is 18.2 Å². The van der Waals surface area contributed by atoms with E-state index >= 15 is 0 Å². The summed E-state index contributed by atoms with van der Waals surface area (Å²) in [5.74, 6) is 0.661. The lowest BCUT2D eigenvalue weighted by Gasteiger charge is -2.21. The van der Waals surface area contributed by atoms with E-state index in [1.54, 1.807) is 6.07 Å². The molecule has 2 N–H and O–H groups in total. The van der Waals surface area contributed by atoms with Gasteiger partial charge in [0.25, 0.3) is 0 Å². The molecular formula is C16H25NO2S. The Morgan fingerprint density at radius 3 is 2.60 bits per heavy atom. The first-order valence-electron chi connectivity index (χ1n) is 7.63. The maximum atomic E-state index is 12.5. The molecule has 3 nitrogen and oxygen atoms in total. The molecule has 1 aromatic carbocycles. The van der Waals surface area contributed by atoms with Gasteiger partial charge in [0.2, 0.25) is 0 Å². The summed E-state index contributed by atoms with van der Waals surface area (Å²) < 4.78 is 25.0. The van der Waals surface area contributed by atoms with Gasteiger partial charge in [-0.1, -0.05) is 31.4 Å². The predicted molar refractivity (Wildman–Crippen MR) is 82.4 cm³/mol. The summed E-state index contributed by atoms with van der Waals surface area (Å²) in [6.07, 6.45) is 7.48. The van der Waals surface area contributed by atoms with Gasteiger partial charge in [-0.25, -0.2) is 8.42 Å². The highest BCUT2D eigenvalue weighted by Crippen LogP contribution is 2.27. The molecule has 1 saturated carbocycles. The van der Waals surface area contributed by atoms with Crippen molar-refractivity contribution < 1.29 is 8.42 Å². The molecule has 0 heterocycles. The monoisotopic (exact) mass is 295 g/mol. The molecule has 0 unspecified atom stereocenters.